The molecule has 1 aromatic rings. The van der Waals surface area contributed by atoms with E-state index in [1.807, 2.05) is 19.1 Å². The van der Waals surface area contributed by atoms with Gasteiger partial charge in [0.2, 0.25) is 0 Å². The Hall–Kier alpha value is -1.00. The third-order valence-electron chi connectivity index (χ3n) is 2.02. The van der Waals surface area contributed by atoms with Crippen LogP contribution in [0.1, 0.15) is 19.4 Å². The molecular weight excluding hydrogens is 212 g/mol. The second-order valence-electron chi connectivity index (χ2n) is 3.40. The average molecular weight is 226 g/mol. The summed E-state index contributed by atoms with van der Waals surface area (Å²) in [4.78, 5) is 11.5. The standard InChI is InChI=1S/C11H14O3S/c1-8-4-6-11(7-5-8)15(13)14-10(3)9(2)12/h4-7,10H,1-3H3. The molecule has 0 radical (unpaired) electrons. The van der Waals surface area contributed by atoms with E-state index in [0.29, 0.717) is 4.90 Å². The van der Waals surface area contributed by atoms with Gasteiger partial charge in [-0.25, -0.2) is 4.21 Å². The highest BCUT2D eigenvalue weighted by atomic mass is 32.2. The molecule has 0 fully saturated rings. The van der Waals surface area contributed by atoms with E-state index in [4.69, 9.17) is 4.18 Å². The zero-order chi connectivity index (χ0) is 11.4. The maximum absolute atomic E-state index is 11.6. The Morgan fingerprint density at radius 1 is 1.33 bits per heavy atom. The molecule has 1 aromatic carbocycles. The van der Waals surface area contributed by atoms with Gasteiger partial charge in [-0.2, -0.15) is 0 Å². The molecule has 0 amide bonds. The lowest BCUT2D eigenvalue weighted by Gasteiger charge is -2.08. The highest BCUT2D eigenvalue weighted by Crippen LogP contribution is 2.11. The maximum atomic E-state index is 11.6. The van der Waals surface area contributed by atoms with Crippen molar-refractivity contribution in [1.29, 1.82) is 0 Å². The second-order valence-corrected chi connectivity index (χ2v) is 4.53. The highest BCUT2D eigenvalue weighted by molar-refractivity contribution is 7.80. The first kappa shape index (κ1) is 12.1. The van der Waals surface area contributed by atoms with Gasteiger partial charge in [-0.1, -0.05) is 17.7 Å². The predicted molar refractivity (Wildman–Crippen MR) is 58.8 cm³/mol. The van der Waals surface area contributed by atoms with Gasteiger partial charge in [0.15, 0.2) is 16.9 Å². The average Bonchev–Trinajstić information content (AvgIpc) is 2.18. The summed E-state index contributed by atoms with van der Waals surface area (Å²) in [5, 5.41) is 0. The highest BCUT2D eigenvalue weighted by Gasteiger charge is 2.13. The Kier molecular flexibility index (Phi) is 4.17. The molecular formula is C11H14O3S. The number of carbonyl (C=O) groups excluding carboxylic acids is 1. The number of carbonyl (C=O) groups is 1. The van der Waals surface area contributed by atoms with E-state index in [9.17, 15) is 9.00 Å². The summed E-state index contributed by atoms with van der Waals surface area (Å²) >= 11 is -1.56. The van der Waals surface area contributed by atoms with Crippen LogP contribution in [0.4, 0.5) is 0 Å². The minimum absolute atomic E-state index is 0.129. The van der Waals surface area contributed by atoms with Crippen LogP contribution in [0.25, 0.3) is 0 Å². The van der Waals surface area contributed by atoms with Crippen LogP contribution >= 0.6 is 0 Å². The van der Waals surface area contributed by atoms with Gasteiger partial charge in [0.05, 0.1) is 4.90 Å². The number of hydrogen-bond donors (Lipinski definition) is 0. The molecule has 0 aliphatic carbocycles. The molecule has 82 valence electrons. The summed E-state index contributed by atoms with van der Waals surface area (Å²) in [6.45, 7) is 4.96. The Morgan fingerprint density at radius 2 is 1.87 bits per heavy atom. The summed E-state index contributed by atoms with van der Waals surface area (Å²) in [6.07, 6.45) is -0.632. The third-order valence-corrected chi connectivity index (χ3v) is 3.14. The Morgan fingerprint density at radius 3 is 2.33 bits per heavy atom. The van der Waals surface area contributed by atoms with Crippen LogP contribution in [0, 0.1) is 6.92 Å². The van der Waals surface area contributed by atoms with Gasteiger partial charge in [0, 0.05) is 0 Å². The molecule has 0 bridgehead atoms. The third kappa shape index (κ3) is 3.57. The van der Waals surface area contributed by atoms with Crippen molar-refractivity contribution in [2.75, 3.05) is 0 Å². The molecule has 0 aliphatic rings. The molecule has 0 spiro atoms. The van der Waals surface area contributed by atoms with Crippen molar-refractivity contribution in [3.05, 3.63) is 29.8 Å². The molecule has 2 atom stereocenters. The quantitative estimate of drug-likeness (QED) is 0.788. The SMILES string of the molecule is CC(=O)C(C)OS(=O)c1ccc(C)cc1. The minimum Gasteiger partial charge on any atom is -0.297 e. The van der Waals surface area contributed by atoms with Crippen molar-refractivity contribution < 1.29 is 13.2 Å². The fraction of sp³-hybridized carbons (Fsp3) is 0.364. The lowest BCUT2D eigenvalue weighted by molar-refractivity contribution is -0.122. The number of rotatable bonds is 4. The molecule has 1 rings (SSSR count). The topological polar surface area (TPSA) is 43.4 Å². The molecule has 4 heteroatoms. The Balaban J connectivity index is 2.69. The fourth-order valence-electron chi connectivity index (χ4n) is 0.904. The molecule has 15 heavy (non-hydrogen) atoms. The van der Waals surface area contributed by atoms with E-state index in [-0.39, 0.29) is 5.78 Å². The van der Waals surface area contributed by atoms with Gasteiger partial charge < -0.3 is 0 Å². The van der Waals surface area contributed by atoms with Crippen LogP contribution in [0.5, 0.6) is 0 Å². The first-order valence-electron chi connectivity index (χ1n) is 4.66. The molecule has 0 heterocycles. The van der Waals surface area contributed by atoms with E-state index in [0.717, 1.165) is 5.56 Å². The van der Waals surface area contributed by atoms with Crippen molar-refractivity contribution in [3.8, 4) is 0 Å². The van der Waals surface area contributed by atoms with Crippen LogP contribution in [0.2, 0.25) is 0 Å². The zero-order valence-corrected chi connectivity index (χ0v) is 9.84. The number of aryl methyl sites for hydroxylation is 1. The van der Waals surface area contributed by atoms with E-state index in [1.165, 1.54) is 6.92 Å². The molecule has 0 aromatic heterocycles. The summed E-state index contributed by atoms with van der Waals surface area (Å²) in [5.41, 5.74) is 1.09. The smallest absolute Gasteiger partial charge is 0.189 e. The van der Waals surface area contributed by atoms with Gasteiger partial charge in [-0.3, -0.25) is 8.98 Å². The number of Topliss-reactive ketones (excluding diaryl/α,β-unsaturated/α-hetero) is 1. The normalized spacial score (nSPS) is 14.6. The summed E-state index contributed by atoms with van der Waals surface area (Å²) < 4.78 is 16.7. The Bertz CT molecular complexity index is 370. The van der Waals surface area contributed by atoms with Crippen LogP contribution in [0.3, 0.4) is 0 Å². The van der Waals surface area contributed by atoms with Gasteiger partial charge >= 0.3 is 0 Å². The summed E-state index contributed by atoms with van der Waals surface area (Å²) in [5.74, 6) is -0.129. The van der Waals surface area contributed by atoms with E-state index < -0.39 is 17.2 Å². The van der Waals surface area contributed by atoms with Crippen molar-refractivity contribution in [2.24, 2.45) is 0 Å². The molecule has 0 N–H and O–H groups in total. The minimum atomic E-state index is -1.56. The molecule has 3 nitrogen and oxygen atoms in total. The molecule has 0 saturated heterocycles. The van der Waals surface area contributed by atoms with Gasteiger partial charge in [0.25, 0.3) is 0 Å². The lowest BCUT2D eigenvalue weighted by Crippen LogP contribution is -2.18. The van der Waals surface area contributed by atoms with Crippen LogP contribution in [-0.4, -0.2) is 16.1 Å². The largest absolute Gasteiger partial charge is 0.297 e. The Labute approximate surface area is 92.1 Å². The van der Waals surface area contributed by atoms with E-state index in [1.54, 1.807) is 19.1 Å². The summed E-state index contributed by atoms with van der Waals surface area (Å²) in [6, 6.07) is 7.18. The number of ketones is 1. The van der Waals surface area contributed by atoms with Crippen molar-refractivity contribution in [1.82, 2.24) is 0 Å². The monoisotopic (exact) mass is 226 g/mol. The van der Waals surface area contributed by atoms with Crippen molar-refractivity contribution in [2.45, 2.75) is 31.8 Å². The van der Waals surface area contributed by atoms with Gasteiger partial charge in [-0.15, -0.1) is 0 Å². The number of benzene rings is 1. The fourth-order valence-corrected chi connectivity index (χ4v) is 1.77. The van der Waals surface area contributed by atoms with Crippen LogP contribution in [0.15, 0.2) is 29.2 Å². The molecule has 0 saturated carbocycles. The van der Waals surface area contributed by atoms with Crippen molar-refractivity contribution >= 4 is 16.9 Å². The second kappa shape index (κ2) is 5.19. The lowest BCUT2D eigenvalue weighted by atomic mass is 10.2. The zero-order valence-electron chi connectivity index (χ0n) is 9.02. The first-order valence-corrected chi connectivity index (χ1v) is 5.74. The van der Waals surface area contributed by atoms with Crippen LogP contribution in [-0.2, 0) is 20.1 Å². The maximum Gasteiger partial charge on any atom is 0.189 e. The van der Waals surface area contributed by atoms with Crippen LogP contribution < -0.4 is 0 Å². The van der Waals surface area contributed by atoms with Gasteiger partial charge in [0.1, 0.15) is 6.10 Å². The van der Waals surface area contributed by atoms with E-state index in [2.05, 4.69) is 0 Å². The molecule has 2 unspecified atom stereocenters. The van der Waals surface area contributed by atoms with Gasteiger partial charge in [-0.05, 0) is 32.9 Å². The first-order chi connectivity index (χ1) is 7.00. The van der Waals surface area contributed by atoms with E-state index >= 15 is 0 Å². The summed E-state index contributed by atoms with van der Waals surface area (Å²) in [7, 11) is 0. The van der Waals surface area contributed by atoms with Crippen molar-refractivity contribution in [3.63, 3.8) is 0 Å². The number of hydrogen-bond acceptors (Lipinski definition) is 3. The predicted octanol–water partition coefficient (Wildman–Crippen LogP) is 2.01. The molecule has 0 aliphatic heterocycles.